The number of esters is 3. The van der Waals surface area contributed by atoms with Crippen LogP contribution >= 0.6 is 0 Å². The third-order valence-corrected chi connectivity index (χ3v) is 3.08. The molecule has 0 amide bonds. The van der Waals surface area contributed by atoms with Crippen molar-refractivity contribution in [2.75, 3.05) is 13.2 Å². The molecule has 0 aromatic carbocycles. The molecule has 0 saturated heterocycles. The quantitative estimate of drug-likeness (QED) is 0.404. The molecule has 0 heterocycles. The van der Waals surface area contributed by atoms with Gasteiger partial charge in [-0.25, -0.2) is 0 Å². The Bertz CT molecular complexity index is 364. The molecule has 23 heavy (non-hydrogen) atoms. The lowest BCUT2D eigenvalue weighted by atomic mass is 10.2. The maximum atomic E-state index is 11.7. The SMILES string of the molecule is CCCCC(=O)OCC(COC(=O)C(C)C)OC(=O)CCCC. The summed E-state index contributed by atoms with van der Waals surface area (Å²) < 4.78 is 15.4. The maximum Gasteiger partial charge on any atom is 0.308 e. The molecule has 0 aliphatic carbocycles. The van der Waals surface area contributed by atoms with Gasteiger partial charge in [0, 0.05) is 12.8 Å². The van der Waals surface area contributed by atoms with Gasteiger partial charge in [-0.2, -0.15) is 0 Å². The van der Waals surface area contributed by atoms with Gasteiger partial charge < -0.3 is 14.2 Å². The molecule has 0 aliphatic heterocycles. The number of ether oxygens (including phenoxy) is 3. The second-order valence-corrected chi connectivity index (χ2v) is 5.79. The minimum Gasteiger partial charge on any atom is -0.462 e. The van der Waals surface area contributed by atoms with Gasteiger partial charge in [-0.15, -0.1) is 0 Å². The van der Waals surface area contributed by atoms with Crippen molar-refractivity contribution in [3.8, 4) is 0 Å². The molecule has 134 valence electrons. The van der Waals surface area contributed by atoms with Crippen LogP contribution in [0.5, 0.6) is 0 Å². The average Bonchev–Trinajstić information content (AvgIpc) is 2.52. The molecule has 1 unspecified atom stereocenters. The van der Waals surface area contributed by atoms with E-state index in [1.807, 2.05) is 13.8 Å². The number of carbonyl (C=O) groups is 3. The van der Waals surface area contributed by atoms with Crippen molar-refractivity contribution in [2.45, 2.75) is 72.3 Å². The normalized spacial score (nSPS) is 11.9. The summed E-state index contributed by atoms with van der Waals surface area (Å²) >= 11 is 0. The van der Waals surface area contributed by atoms with Gasteiger partial charge in [0.05, 0.1) is 5.92 Å². The van der Waals surface area contributed by atoms with E-state index in [-0.39, 0.29) is 37.0 Å². The fourth-order valence-corrected chi connectivity index (χ4v) is 1.60. The van der Waals surface area contributed by atoms with Gasteiger partial charge in [-0.1, -0.05) is 40.5 Å². The molecule has 0 radical (unpaired) electrons. The van der Waals surface area contributed by atoms with E-state index in [1.165, 1.54) is 0 Å². The van der Waals surface area contributed by atoms with Crippen LogP contribution in [0.25, 0.3) is 0 Å². The fraction of sp³-hybridized carbons (Fsp3) is 0.824. The van der Waals surface area contributed by atoms with Crippen molar-refractivity contribution in [1.82, 2.24) is 0 Å². The summed E-state index contributed by atoms with van der Waals surface area (Å²) in [6.07, 6.45) is 3.14. The minimum absolute atomic E-state index is 0.0915. The van der Waals surface area contributed by atoms with Crippen LogP contribution in [0.15, 0.2) is 0 Å². The summed E-state index contributed by atoms with van der Waals surface area (Å²) in [6, 6.07) is 0. The van der Waals surface area contributed by atoms with Crippen molar-refractivity contribution in [2.24, 2.45) is 5.92 Å². The first-order chi connectivity index (χ1) is 10.9. The van der Waals surface area contributed by atoms with Crippen LogP contribution in [0.4, 0.5) is 0 Å². The zero-order valence-electron chi connectivity index (χ0n) is 14.8. The molecule has 0 spiro atoms. The number of carbonyl (C=O) groups excluding carboxylic acids is 3. The smallest absolute Gasteiger partial charge is 0.308 e. The number of hydrogen-bond acceptors (Lipinski definition) is 6. The molecule has 0 rings (SSSR count). The topological polar surface area (TPSA) is 78.9 Å². The number of hydrogen-bond donors (Lipinski definition) is 0. The molecule has 0 saturated carbocycles. The Kier molecular flexibility index (Phi) is 12.0. The first-order valence-corrected chi connectivity index (χ1v) is 8.42. The first kappa shape index (κ1) is 21.4. The molecule has 0 aliphatic rings. The molecule has 0 N–H and O–H groups in total. The maximum absolute atomic E-state index is 11.7. The average molecular weight is 330 g/mol. The minimum atomic E-state index is -0.757. The summed E-state index contributed by atoms with van der Waals surface area (Å²) in [6.45, 7) is 7.20. The van der Waals surface area contributed by atoms with Crippen molar-refractivity contribution < 1.29 is 28.6 Å². The lowest BCUT2D eigenvalue weighted by molar-refractivity contribution is -0.168. The molecule has 6 nitrogen and oxygen atoms in total. The molecule has 0 bridgehead atoms. The van der Waals surface area contributed by atoms with Crippen LogP contribution in [0, 0.1) is 5.92 Å². The van der Waals surface area contributed by atoms with Crippen LogP contribution in [-0.4, -0.2) is 37.2 Å². The Morgan fingerprint density at radius 2 is 1.35 bits per heavy atom. The Balaban J connectivity index is 4.38. The third kappa shape index (κ3) is 11.6. The zero-order valence-corrected chi connectivity index (χ0v) is 14.8. The molecule has 0 aromatic heterocycles. The molecule has 0 fully saturated rings. The van der Waals surface area contributed by atoms with Crippen molar-refractivity contribution in [1.29, 1.82) is 0 Å². The van der Waals surface area contributed by atoms with Gasteiger partial charge >= 0.3 is 17.9 Å². The van der Waals surface area contributed by atoms with Crippen LogP contribution in [0.1, 0.15) is 66.2 Å². The molecule has 0 aromatic rings. The van der Waals surface area contributed by atoms with Crippen molar-refractivity contribution >= 4 is 17.9 Å². The highest BCUT2D eigenvalue weighted by Crippen LogP contribution is 2.06. The van der Waals surface area contributed by atoms with E-state index < -0.39 is 6.10 Å². The van der Waals surface area contributed by atoms with E-state index in [0.29, 0.717) is 12.8 Å². The monoisotopic (exact) mass is 330 g/mol. The van der Waals surface area contributed by atoms with E-state index in [2.05, 4.69) is 0 Å². The van der Waals surface area contributed by atoms with E-state index >= 15 is 0 Å². The predicted molar refractivity (Wildman–Crippen MR) is 85.7 cm³/mol. The van der Waals surface area contributed by atoms with Crippen LogP contribution < -0.4 is 0 Å². The number of rotatable bonds is 12. The van der Waals surface area contributed by atoms with E-state index in [9.17, 15) is 14.4 Å². The highest BCUT2D eigenvalue weighted by atomic mass is 16.6. The Hall–Kier alpha value is -1.59. The number of unbranched alkanes of at least 4 members (excludes halogenated alkanes) is 2. The van der Waals surface area contributed by atoms with Crippen molar-refractivity contribution in [3.63, 3.8) is 0 Å². The Morgan fingerprint density at radius 1 is 0.826 bits per heavy atom. The van der Waals surface area contributed by atoms with Crippen LogP contribution in [0.2, 0.25) is 0 Å². The van der Waals surface area contributed by atoms with Crippen LogP contribution in [0.3, 0.4) is 0 Å². The lowest BCUT2D eigenvalue weighted by Gasteiger charge is -2.18. The zero-order chi connectivity index (χ0) is 17.7. The Morgan fingerprint density at radius 3 is 1.87 bits per heavy atom. The summed E-state index contributed by atoms with van der Waals surface area (Å²) in [7, 11) is 0. The van der Waals surface area contributed by atoms with Gasteiger partial charge in [0.2, 0.25) is 0 Å². The summed E-state index contributed by atoms with van der Waals surface area (Å²) in [4.78, 5) is 34.8. The van der Waals surface area contributed by atoms with Gasteiger partial charge in [-0.05, 0) is 12.8 Å². The highest BCUT2D eigenvalue weighted by molar-refractivity contribution is 5.72. The van der Waals surface area contributed by atoms with E-state index in [4.69, 9.17) is 14.2 Å². The van der Waals surface area contributed by atoms with E-state index in [0.717, 1.165) is 25.7 Å². The standard InChI is InChI=1S/C17H30O6/c1-5-7-9-15(18)21-11-14(12-22-17(20)13(3)4)23-16(19)10-8-6-2/h13-14H,5-12H2,1-4H3. The molecule has 1 atom stereocenters. The highest BCUT2D eigenvalue weighted by Gasteiger charge is 2.20. The molecule has 6 heteroatoms. The second kappa shape index (κ2) is 12.9. The van der Waals surface area contributed by atoms with Gasteiger partial charge in [-0.3, -0.25) is 14.4 Å². The van der Waals surface area contributed by atoms with Gasteiger partial charge in [0.25, 0.3) is 0 Å². The third-order valence-electron chi connectivity index (χ3n) is 3.08. The van der Waals surface area contributed by atoms with Crippen molar-refractivity contribution in [3.05, 3.63) is 0 Å². The van der Waals surface area contributed by atoms with Gasteiger partial charge in [0.1, 0.15) is 13.2 Å². The summed E-state index contributed by atoms with van der Waals surface area (Å²) in [5.41, 5.74) is 0. The van der Waals surface area contributed by atoms with Gasteiger partial charge in [0.15, 0.2) is 6.10 Å². The lowest BCUT2D eigenvalue weighted by Crippen LogP contribution is -2.31. The van der Waals surface area contributed by atoms with Crippen LogP contribution in [-0.2, 0) is 28.6 Å². The largest absolute Gasteiger partial charge is 0.462 e. The second-order valence-electron chi connectivity index (χ2n) is 5.79. The molecular formula is C17H30O6. The molecular weight excluding hydrogens is 300 g/mol. The predicted octanol–water partition coefficient (Wildman–Crippen LogP) is 3.02. The Labute approximate surface area is 138 Å². The summed E-state index contributed by atoms with van der Waals surface area (Å²) in [5, 5.41) is 0. The van der Waals surface area contributed by atoms with E-state index in [1.54, 1.807) is 13.8 Å². The fourth-order valence-electron chi connectivity index (χ4n) is 1.60. The first-order valence-electron chi connectivity index (χ1n) is 8.42. The summed E-state index contributed by atoms with van der Waals surface area (Å²) in [5.74, 6) is -1.35.